The van der Waals surface area contributed by atoms with Gasteiger partial charge in [0, 0.05) is 31.7 Å². The first-order valence-electron chi connectivity index (χ1n) is 9.81. The number of fused-ring (bicyclic) bond motifs is 5. The van der Waals surface area contributed by atoms with Crippen molar-refractivity contribution in [3.05, 3.63) is 47.0 Å². The molecule has 6 nitrogen and oxygen atoms in total. The lowest BCUT2D eigenvalue weighted by Gasteiger charge is -2.18. The molecule has 1 aliphatic heterocycles. The van der Waals surface area contributed by atoms with E-state index in [2.05, 4.69) is 27.8 Å². The Morgan fingerprint density at radius 3 is 2.41 bits per heavy atom. The summed E-state index contributed by atoms with van der Waals surface area (Å²) in [6.45, 7) is 1.57. The number of amides is 2. The molecular formula is C21H26ClIN4O2. The quantitative estimate of drug-likeness (QED) is 0.196. The molecular weight excluding hydrogens is 503 g/mol. The second-order valence-electron chi connectivity index (χ2n) is 7.63. The number of hydrogen-bond acceptors (Lipinski definition) is 3. The van der Waals surface area contributed by atoms with Gasteiger partial charge >= 0.3 is 0 Å². The molecule has 2 bridgehead atoms. The lowest BCUT2D eigenvalue weighted by molar-refractivity contribution is -0.140. The second-order valence-corrected chi connectivity index (χ2v) is 8.07. The van der Waals surface area contributed by atoms with Gasteiger partial charge in [-0.05, 0) is 42.4 Å². The molecule has 1 heterocycles. The number of guanidine groups is 1. The Labute approximate surface area is 193 Å². The van der Waals surface area contributed by atoms with Gasteiger partial charge in [0.15, 0.2) is 5.96 Å². The minimum atomic E-state index is -0.127. The van der Waals surface area contributed by atoms with Gasteiger partial charge in [-0.2, -0.15) is 0 Å². The Hall–Kier alpha value is -1.61. The van der Waals surface area contributed by atoms with Crippen LogP contribution < -0.4 is 10.6 Å². The van der Waals surface area contributed by atoms with Crippen LogP contribution in [-0.2, 0) is 16.0 Å². The molecule has 4 rings (SSSR count). The van der Waals surface area contributed by atoms with Crippen molar-refractivity contribution in [1.82, 2.24) is 15.5 Å². The Morgan fingerprint density at radius 2 is 1.79 bits per heavy atom. The van der Waals surface area contributed by atoms with Crippen LogP contribution in [0.5, 0.6) is 0 Å². The van der Waals surface area contributed by atoms with E-state index in [-0.39, 0.29) is 59.5 Å². The lowest BCUT2D eigenvalue weighted by atomic mass is 9.85. The molecule has 2 aliphatic carbocycles. The van der Waals surface area contributed by atoms with Gasteiger partial charge < -0.3 is 10.6 Å². The standard InChI is InChI=1S/C21H25ClN4O2.HI/c1-23-21(24-8-7-13-3-2-4-16(22)11-13)25-9-10-26-19(27)17-14-5-6-15(12-14)18(17)20(26)28;/h2-6,11,14-15,17-18H,7-10,12H2,1H3,(H2,23,24,25);1H. The Kier molecular flexibility index (Phi) is 7.21. The lowest BCUT2D eigenvalue weighted by Crippen LogP contribution is -2.44. The van der Waals surface area contributed by atoms with Crippen LogP contribution in [0.3, 0.4) is 0 Å². The second kappa shape index (κ2) is 9.47. The van der Waals surface area contributed by atoms with Crippen molar-refractivity contribution in [2.75, 3.05) is 26.7 Å². The third kappa shape index (κ3) is 4.45. The first kappa shape index (κ1) is 22.1. The molecule has 1 aromatic carbocycles. The zero-order valence-electron chi connectivity index (χ0n) is 16.3. The highest BCUT2D eigenvalue weighted by atomic mass is 127. The van der Waals surface area contributed by atoms with Crippen molar-refractivity contribution in [3.63, 3.8) is 0 Å². The number of likely N-dealkylation sites (tertiary alicyclic amines) is 1. The average Bonchev–Trinajstić information content (AvgIpc) is 3.36. The van der Waals surface area contributed by atoms with Crippen molar-refractivity contribution in [3.8, 4) is 0 Å². The topological polar surface area (TPSA) is 73.8 Å². The summed E-state index contributed by atoms with van der Waals surface area (Å²) in [6.07, 6.45) is 6.01. The Morgan fingerprint density at radius 1 is 1.14 bits per heavy atom. The van der Waals surface area contributed by atoms with Gasteiger partial charge in [0.25, 0.3) is 0 Å². The summed E-state index contributed by atoms with van der Waals surface area (Å²) in [5.74, 6) is 0.907. The van der Waals surface area contributed by atoms with Crippen molar-refractivity contribution in [2.24, 2.45) is 28.7 Å². The number of halogens is 2. The molecule has 4 atom stereocenters. The third-order valence-electron chi connectivity index (χ3n) is 6.01. The highest BCUT2D eigenvalue weighted by Gasteiger charge is 2.58. The number of nitrogens with one attached hydrogen (secondary N) is 2. The fraction of sp³-hybridized carbons (Fsp3) is 0.476. The summed E-state index contributed by atoms with van der Waals surface area (Å²) < 4.78 is 0. The molecule has 1 saturated heterocycles. The van der Waals surface area contributed by atoms with Crippen LogP contribution in [0.4, 0.5) is 0 Å². The number of imide groups is 1. The van der Waals surface area contributed by atoms with Crippen molar-refractivity contribution in [2.45, 2.75) is 12.8 Å². The van der Waals surface area contributed by atoms with Crippen LogP contribution in [0.25, 0.3) is 0 Å². The summed E-state index contributed by atoms with van der Waals surface area (Å²) >= 11 is 6.00. The van der Waals surface area contributed by atoms with E-state index in [1.807, 2.05) is 24.3 Å². The Bertz CT molecular complexity index is 814. The van der Waals surface area contributed by atoms with E-state index >= 15 is 0 Å². The van der Waals surface area contributed by atoms with Gasteiger partial charge in [0.1, 0.15) is 0 Å². The smallest absolute Gasteiger partial charge is 0.233 e. The number of nitrogens with zero attached hydrogens (tertiary/aromatic N) is 2. The maximum atomic E-state index is 12.7. The van der Waals surface area contributed by atoms with Crippen molar-refractivity contribution in [1.29, 1.82) is 0 Å². The van der Waals surface area contributed by atoms with E-state index < -0.39 is 0 Å². The molecule has 2 N–H and O–H groups in total. The zero-order valence-corrected chi connectivity index (χ0v) is 19.4. The van der Waals surface area contributed by atoms with Crippen LogP contribution >= 0.6 is 35.6 Å². The molecule has 3 aliphatic rings. The van der Waals surface area contributed by atoms with Crippen LogP contribution in [0.2, 0.25) is 5.02 Å². The average molecular weight is 529 g/mol. The van der Waals surface area contributed by atoms with Crippen LogP contribution in [0.1, 0.15) is 12.0 Å². The van der Waals surface area contributed by atoms with Gasteiger partial charge in [-0.25, -0.2) is 0 Å². The molecule has 0 spiro atoms. The molecule has 0 aromatic heterocycles. The largest absolute Gasteiger partial charge is 0.356 e. The summed E-state index contributed by atoms with van der Waals surface area (Å²) in [5, 5.41) is 7.17. The SMILES string of the molecule is CN=C(NCCc1cccc(Cl)c1)NCCN1C(=O)C2C3C=CC(C3)C2C1=O.I. The van der Waals surface area contributed by atoms with Gasteiger partial charge in [0.2, 0.25) is 11.8 Å². The molecule has 8 heteroatoms. The maximum absolute atomic E-state index is 12.7. The summed E-state index contributed by atoms with van der Waals surface area (Å²) in [6, 6.07) is 7.78. The predicted molar refractivity (Wildman–Crippen MR) is 124 cm³/mol. The summed E-state index contributed by atoms with van der Waals surface area (Å²) in [4.78, 5) is 31.0. The third-order valence-corrected chi connectivity index (χ3v) is 6.24. The number of allylic oxidation sites excluding steroid dienone is 2. The monoisotopic (exact) mass is 528 g/mol. The number of hydrogen-bond donors (Lipinski definition) is 2. The zero-order chi connectivity index (χ0) is 19.7. The molecule has 0 radical (unpaired) electrons. The number of benzene rings is 1. The highest BCUT2D eigenvalue weighted by molar-refractivity contribution is 14.0. The number of aliphatic imine (C=N–C) groups is 1. The summed E-state index contributed by atoms with van der Waals surface area (Å²) in [7, 11) is 1.70. The van der Waals surface area contributed by atoms with Gasteiger partial charge in [0.05, 0.1) is 11.8 Å². The first-order valence-corrected chi connectivity index (χ1v) is 10.2. The molecule has 1 aromatic rings. The molecule has 156 valence electrons. The van der Waals surface area contributed by atoms with E-state index in [1.165, 1.54) is 4.90 Å². The van der Waals surface area contributed by atoms with E-state index in [0.29, 0.717) is 25.6 Å². The van der Waals surface area contributed by atoms with E-state index in [0.717, 1.165) is 23.4 Å². The van der Waals surface area contributed by atoms with Crippen LogP contribution in [0, 0.1) is 23.7 Å². The minimum absolute atomic E-state index is 0. The van der Waals surface area contributed by atoms with E-state index in [4.69, 9.17) is 11.6 Å². The molecule has 1 saturated carbocycles. The maximum Gasteiger partial charge on any atom is 0.233 e. The van der Waals surface area contributed by atoms with Crippen molar-refractivity contribution >= 4 is 53.4 Å². The van der Waals surface area contributed by atoms with Crippen molar-refractivity contribution < 1.29 is 9.59 Å². The number of carbonyl (C=O) groups excluding carboxylic acids is 2. The normalized spacial score (nSPS) is 27.2. The van der Waals surface area contributed by atoms with Crippen LogP contribution in [0.15, 0.2) is 41.4 Å². The fourth-order valence-corrected chi connectivity index (χ4v) is 4.92. The molecule has 2 amide bonds. The van der Waals surface area contributed by atoms with Gasteiger partial charge in [-0.3, -0.25) is 19.5 Å². The Balaban J connectivity index is 0.00000240. The molecule has 2 fully saturated rings. The number of carbonyl (C=O) groups is 2. The van der Waals surface area contributed by atoms with E-state index in [1.54, 1.807) is 7.05 Å². The van der Waals surface area contributed by atoms with E-state index in [9.17, 15) is 9.59 Å². The minimum Gasteiger partial charge on any atom is -0.356 e. The predicted octanol–water partition coefficient (Wildman–Crippen LogP) is 2.47. The summed E-state index contributed by atoms with van der Waals surface area (Å²) in [5.41, 5.74) is 1.15. The first-order chi connectivity index (χ1) is 13.6. The number of rotatable bonds is 6. The van der Waals surface area contributed by atoms with Crippen LogP contribution in [-0.4, -0.2) is 49.4 Å². The van der Waals surface area contributed by atoms with Gasteiger partial charge in [-0.1, -0.05) is 35.9 Å². The fourth-order valence-electron chi connectivity index (χ4n) is 4.71. The van der Waals surface area contributed by atoms with Gasteiger partial charge in [-0.15, -0.1) is 24.0 Å². The molecule has 29 heavy (non-hydrogen) atoms. The highest BCUT2D eigenvalue weighted by Crippen LogP contribution is 2.52. The molecule has 4 unspecified atom stereocenters.